The van der Waals surface area contributed by atoms with Gasteiger partial charge in [-0.1, -0.05) is 37.6 Å². The summed E-state index contributed by atoms with van der Waals surface area (Å²) < 4.78 is 44.5. The first kappa shape index (κ1) is 27.2. The topological polar surface area (TPSA) is 94.2 Å². The summed E-state index contributed by atoms with van der Waals surface area (Å²) in [5, 5.41) is 3.04. The lowest BCUT2D eigenvalue weighted by Crippen LogP contribution is -2.38. The smallest absolute Gasteiger partial charge is 0.265 e. The van der Waals surface area contributed by atoms with E-state index in [0.29, 0.717) is 17.4 Å². The number of anilines is 2. The molecule has 0 bridgehead atoms. The van der Waals surface area contributed by atoms with E-state index in [9.17, 15) is 13.2 Å². The van der Waals surface area contributed by atoms with Crippen molar-refractivity contribution in [1.29, 1.82) is 0 Å². The second-order valence-electron chi connectivity index (χ2n) is 8.17. The molecule has 3 aromatic rings. The number of methoxy groups -OCH3 is 3. The Hall–Kier alpha value is -3.43. The van der Waals surface area contributed by atoms with E-state index in [2.05, 4.69) is 19.2 Å². The van der Waals surface area contributed by atoms with Crippen molar-refractivity contribution in [2.24, 2.45) is 0 Å². The lowest BCUT2D eigenvalue weighted by molar-refractivity contribution is -0.114. The summed E-state index contributed by atoms with van der Waals surface area (Å²) in [6.07, 6.45) is 0. The summed E-state index contributed by atoms with van der Waals surface area (Å²) in [5.41, 5.74) is 1.78. The number of hydrogen-bond donors (Lipinski definition) is 1. The molecule has 0 spiro atoms. The highest BCUT2D eigenvalue weighted by Gasteiger charge is 2.30. The van der Waals surface area contributed by atoms with Gasteiger partial charge in [-0.15, -0.1) is 0 Å². The molecule has 0 radical (unpaired) electrons. The zero-order chi connectivity index (χ0) is 26.5. The summed E-state index contributed by atoms with van der Waals surface area (Å²) in [6.45, 7) is 3.62. The molecule has 0 aliphatic heterocycles. The third-order valence-electron chi connectivity index (χ3n) is 5.50. The van der Waals surface area contributed by atoms with Gasteiger partial charge < -0.3 is 19.5 Å². The molecule has 0 aliphatic carbocycles. The highest BCUT2D eigenvalue weighted by atomic mass is 35.5. The van der Waals surface area contributed by atoms with Crippen molar-refractivity contribution in [3.05, 3.63) is 71.2 Å². The summed E-state index contributed by atoms with van der Waals surface area (Å²) >= 11 is 6.19. The van der Waals surface area contributed by atoms with Gasteiger partial charge in [-0.25, -0.2) is 8.42 Å². The summed E-state index contributed by atoms with van der Waals surface area (Å²) in [4.78, 5) is 13.0. The Morgan fingerprint density at radius 2 is 1.50 bits per heavy atom. The molecule has 0 unspecified atom stereocenters. The van der Waals surface area contributed by atoms with E-state index in [0.717, 1.165) is 9.87 Å². The summed E-state index contributed by atoms with van der Waals surface area (Å²) in [7, 11) is -0.00265. The molecular formula is C26H29ClN2O6S. The van der Waals surface area contributed by atoms with Gasteiger partial charge in [0, 0.05) is 16.8 Å². The number of sulfonamides is 1. The Labute approximate surface area is 216 Å². The summed E-state index contributed by atoms with van der Waals surface area (Å²) in [6, 6.07) is 16.1. The first-order valence-corrected chi connectivity index (χ1v) is 12.9. The normalized spacial score (nSPS) is 11.2. The lowest BCUT2D eigenvalue weighted by atomic mass is 10.0. The highest BCUT2D eigenvalue weighted by molar-refractivity contribution is 7.92. The van der Waals surface area contributed by atoms with E-state index in [1.54, 1.807) is 18.2 Å². The minimum absolute atomic E-state index is 0.101. The van der Waals surface area contributed by atoms with Gasteiger partial charge in [-0.05, 0) is 53.9 Å². The summed E-state index contributed by atoms with van der Waals surface area (Å²) in [5.74, 6) is 0.625. The standard InChI is InChI=1S/C26H29ClN2O6S/c1-17(2)18-6-9-20(10-7-18)28-26(30)16-29(22-14-19(27)8-12-23(22)33-3)36(31,32)21-11-13-24(34-4)25(15-21)35-5/h6-15,17H,16H2,1-5H3,(H,28,30). The van der Waals surface area contributed by atoms with Crippen molar-refractivity contribution in [1.82, 2.24) is 0 Å². The van der Waals surface area contributed by atoms with Gasteiger partial charge in [0.1, 0.15) is 12.3 Å². The average Bonchev–Trinajstić information content (AvgIpc) is 2.87. The van der Waals surface area contributed by atoms with E-state index >= 15 is 0 Å². The van der Waals surface area contributed by atoms with Crippen LogP contribution < -0.4 is 23.8 Å². The maximum atomic E-state index is 13.8. The molecule has 10 heteroatoms. The van der Waals surface area contributed by atoms with Crippen LogP contribution in [0.3, 0.4) is 0 Å². The van der Waals surface area contributed by atoms with Crippen LogP contribution in [0, 0.1) is 0 Å². The first-order chi connectivity index (χ1) is 17.1. The fraction of sp³-hybridized carbons (Fsp3) is 0.269. The zero-order valence-electron chi connectivity index (χ0n) is 20.7. The van der Waals surface area contributed by atoms with Crippen LogP contribution >= 0.6 is 11.6 Å². The SMILES string of the molecule is COc1ccc(S(=O)(=O)N(CC(=O)Nc2ccc(C(C)C)cc2)c2cc(Cl)ccc2OC)cc1OC. The Morgan fingerprint density at radius 1 is 0.889 bits per heavy atom. The molecule has 3 rings (SSSR count). The molecule has 1 N–H and O–H groups in total. The minimum atomic E-state index is -4.27. The van der Waals surface area contributed by atoms with Crippen molar-refractivity contribution in [2.75, 3.05) is 37.5 Å². The second kappa shape index (κ2) is 11.5. The first-order valence-electron chi connectivity index (χ1n) is 11.1. The number of amides is 1. The minimum Gasteiger partial charge on any atom is -0.495 e. The number of nitrogens with one attached hydrogen (secondary N) is 1. The van der Waals surface area contributed by atoms with Crippen molar-refractivity contribution < 1.29 is 27.4 Å². The van der Waals surface area contributed by atoms with Crippen LogP contribution in [0.2, 0.25) is 5.02 Å². The van der Waals surface area contributed by atoms with Gasteiger partial charge in [0.15, 0.2) is 11.5 Å². The quantitative estimate of drug-likeness (QED) is 0.379. The molecule has 0 saturated heterocycles. The number of halogens is 1. The van der Waals surface area contributed by atoms with Gasteiger partial charge in [0.05, 0.1) is 31.9 Å². The molecule has 36 heavy (non-hydrogen) atoms. The Balaban J connectivity index is 2.03. The number of rotatable bonds is 10. The van der Waals surface area contributed by atoms with Crippen molar-refractivity contribution in [2.45, 2.75) is 24.7 Å². The largest absolute Gasteiger partial charge is 0.495 e. The second-order valence-corrected chi connectivity index (χ2v) is 10.5. The molecule has 0 heterocycles. The molecule has 0 atom stereocenters. The van der Waals surface area contributed by atoms with Crippen LogP contribution in [-0.4, -0.2) is 42.2 Å². The van der Waals surface area contributed by atoms with Crippen LogP contribution in [0.25, 0.3) is 0 Å². The highest BCUT2D eigenvalue weighted by Crippen LogP contribution is 2.37. The average molecular weight is 533 g/mol. The van der Waals surface area contributed by atoms with Crippen LogP contribution in [-0.2, 0) is 14.8 Å². The molecule has 0 aromatic heterocycles. The Morgan fingerprint density at radius 3 is 2.08 bits per heavy atom. The Kier molecular flexibility index (Phi) is 8.70. The lowest BCUT2D eigenvalue weighted by Gasteiger charge is -2.26. The molecular weight excluding hydrogens is 504 g/mol. The number of benzene rings is 3. The van der Waals surface area contributed by atoms with Crippen LogP contribution in [0.15, 0.2) is 65.6 Å². The number of hydrogen-bond acceptors (Lipinski definition) is 6. The third-order valence-corrected chi connectivity index (χ3v) is 7.49. The van der Waals surface area contributed by atoms with Crippen molar-refractivity contribution >= 4 is 38.9 Å². The monoisotopic (exact) mass is 532 g/mol. The third kappa shape index (κ3) is 6.03. The van der Waals surface area contributed by atoms with Crippen LogP contribution in [0.5, 0.6) is 17.2 Å². The predicted molar refractivity (Wildman–Crippen MR) is 141 cm³/mol. The molecule has 0 saturated carbocycles. The van der Waals surface area contributed by atoms with E-state index in [4.69, 9.17) is 25.8 Å². The van der Waals surface area contributed by atoms with Crippen molar-refractivity contribution in [3.8, 4) is 17.2 Å². The maximum absolute atomic E-state index is 13.8. The number of carbonyl (C=O) groups is 1. The molecule has 0 aliphatic rings. The van der Waals surface area contributed by atoms with E-state index in [1.165, 1.54) is 51.7 Å². The van der Waals surface area contributed by atoms with Crippen LogP contribution in [0.1, 0.15) is 25.3 Å². The van der Waals surface area contributed by atoms with E-state index in [1.807, 2.05) is 12.1 Å². The molecule has 1 amide bonds. The fourth-order valence-electron chi connectivity index (χ4n) is 3.54. The molecule has 3 aromatic carbocycles. The van der Waals surface area contributed by atoms with Crippen LogP contribution in [0.4, 0.5) is 11.4 Å². The Bertz CT molecular complexity index is 1330. The molecule has 8 nitrogen and oxygen atoms in total. The van der Waals surface area contributed by atoms with Gasteiger partial charge >= 0.3 is 0 Å². The molecule has 0 fully saturated rings. The van der Waals surface area contributed by atoms with Crippen molar-refractivity contribution in [3.63, 3.8) is 0 Å². The fourth-order valence-corrected chi connectivity index (χ4v) is 5.15. The number of nitrogens with zero attached hydrogens (tertiary/aromatic N) is 1. The number of ether oxygens (including phenoxy) is 3. The predicted octanol–water partition coefficient (Wildman–Crippen LogP) is 5.32. The van der Waals surface area contributed by atoms with E-state index < -0.39 is 22.5 Å². The zero-order valence-corrected chi connectivity index (χ0v) is 22.3. The maximum Gasteiger partial charge on any atom is 0.265 e. The molecule has 192 valence electrons. The van der Waals surface area contributed by atoms with Gasteiger partial charge in [0.25, 0.3) is 10.0 Å². The van der Waals surface area contributed by atoms with Gasteiger partial charge in [-0.2, -0.15) is 0 Å². The van der Waals surface area contributed by atoms with E-state index in [-0.39, 0.29) is 27.1 Å². The van der Waals surface area contributed by atoms with Gasteiger partial charge in [-0.3, -0.25) is 9.10 Å². The number of carbonyl (C=O) groups excluding carboxylic acids is 1. The van der Waals surface area contributed by atoms with Gasteiger partial charge in [0.2, 0.25) is 5.91 Å².